The van der Waals surface area contributed by atoms with Crippen LogP contribution in [-0.4, -0.2) is 36.3 Å². The summed E-state index contributed by atoms with van der Waals surface area (Å²) in [6.45, 7) is 2.40. The Kier molecular flexibility index (Phi) is 6.59. The summed E-state index contributed by atoms with van der Waals surface area (Å²) in [4.78, 5) is 20.8. The molecule has 5 rings (SSSR count). The van der Waals surface area contributed by atoms with Crippen LogP contribution in [0.2, 0.25) is 0 Å². The van der Waals surface area contributed by atoms with E-state index in [9.17, 15) is 13.6 Å². The van der Waals surface area contributed by atoms with Crippen LogP contribution in [-0.2, 0) is 0 Å². The van der Waals surface area contributed by atoms with Crippen molar-refractivity contribution in [3.8, 4) is 28.9 Å². The third-order valence-corrected chi connectivity index (χ3v) is 5.68. The molecule has 0 bridgehead atoms. The van der Waals surface area contributed by atoms with Crippen molar-refractivity contribution < 1.29 is 32.5 Å². The molecule has 4 aromatic rings. The highest BCUT2D eigenvalue weighted by Crippen LogP contribution is 2.47. The summed E-state index contributed by atoms with van der Waals surface area (Å²) in [6, 6.07) is 10.5. The molecule has 0 unspecified atom stereocenters. The fourth-order valence-electron chi connectivity index (χ4n) is 3.88. The molecule has 2 amide bonds. The van der Waals surface area contributed by atoms with Gasteiger partial charge < -0.3 is 29.6 Å². The minimum absolute atomic E-state index is 0.0693. The van der Waals surface area contributed by atoms with Crippen LogP contribution in [0.3, 0.4) is 0 Å². The van der Waals surface area contributed by atoms with Gasteiger partial charge in [-0.15, -0.1) is 0 Å². The number of benzene rings is 3. The molecule has 9 nitrogen and oxygen atoms in total. The summed E-state index contributed by atoms with van der Waals surface area (Å²) in [6.07, 6.45) is 1.29. The van der Waals surface area contributed by atoms with Crippen molar-refractivity contribution in [3.63, 3.8) is 0 Å². The van der Waals surface area contributed by atoms with Crippen molar-refractivity contribution in [1.29, 1.82) is 0 Å². The number of fused-ring (bicyclic) bond motifs is 3. The van der Waals surface area contributed by atoms with Gasteiger partial charge in [-0.3, -0.25) is 0 Å². The molecule has 0 saturated carbocycles. The maximum atomic E-state index is 15.0. The van der Waals surface area contributed by atoms with Crippen molar-refractivity contribution >= 4 is 22.6 Å². The molecule has 190 valence electrons. The van der Waals surface area contributed by atoms with Crippen LogP contribution in [0.25, 0.3) is 10.9 Å². The van der Waals surface area contributed by atoms with Gasteiger partial charge in [-0.2, -0.15) is 0 Å². The van der Waals surface area contributed by atoms with Gasteiger partial charge in [0.15, 0.2) is 23.1 Å². The zero-order valence-electron chi connectivity index (χ0n) is 19.9. The maximum absolute atomic E-state index is 15.0. The number of ether oxygens (including phenoxy) is 4. The van der Waals surface area contributed by atoms with E-state index in [0.717, 1.165) is 11.6 Å². The van der Waals surface area contributed by atoms with E-state index in [4.69, 9.17) is 18.9 Å². The fourth-order valence-corrected chi connectivity index (χ4v) is 3.88. The number of aromatic nitrogens is 2. The van der Waals surface area contributed by atoms with E-state index >= 15 is 0 Å². The van der Waals surface area contributed by atoms with E-state index in [1.807, 2.05) is 0 Å². The molecule has 3 aromatic carbocycles. The van der Waals surface area contributed by atoms with Crippen LogP contribution in [0, 0.1) is 11.6 Å². The lowest BCUT2D eigenvalue weighted by Gasteiger charge is -2.22. The molecular weight excluding hydrogens is 486 g/mol. The van der Waals surface area contributed by atoms with Crippen LogP contribution < -0.4 is 29.6 Å². The topological polar surface area (TPSA) is 104 Å². The average Bonchev–Trinajstić information content (AvgIpc) is 2.90. The quantitative estimate of drug-likeness (QED) is 0.361. The summed E-state index contributed by atoms with van der Waals surface area (Å²) in [5.41, 5.74) is 1.40. The largest absolute Gasteiger partial charge is 0.493 e. The van der Waals surface area contributed by atoms with Gasteiger partial charge in [-0.25, -0.2) is 23.5 Å². The highest BCUT2D eigenvalue weighted by molar-refractivity contribution is 5.94. The van der Waals surface area contributed by atoms with Gasteiger partial charge in [0.25, 0.3) is 0 Å². The van der Waals surface area contributed by atoms with Gasteiger partial charge in [-0.05, 0) is 36.8 Å². The molecule has 0 radical (unpaired) electrons. The van der Waals surface area contributed by atoms with E-state index in [-0.39, 0.29) is 23.1 Å². The predicted octanol–water partition coefficient (Wildman–Crippen LogP) is 5.36. The van der Waals surface area contributed by atoms with E-state index in [0.29, 0.717) is 41.4 Å². The number of carbonyl (C=O) groups excluding carboxylic acids is 1. The summed E-state index contributed by atoms with van der Waals surface area (Å²) in [7, 11) is 1.51. The second-order valence-corrected chi connectivity index (χ2v) is 8.13. The number of amides is 2. The maximum Gasteiger partial charge on any atom is 0.319 e. The molecule has 37 heavy (non-hydrogen) atoms. The first-order chi connectivity index (χ1) is 17.9. The Morgan fingerprint density at radius 2 is 1.76 bits per heavy atom. The summed E-state index contributed by atoms with van der Waals surface area (Å²) in [5, 5.41) is 5.70. The van der Waals surface area contributed by atoms with Crippen molar-refractivity contribution in [2.75, 3.05) is 25.6 Å². The Morgan fingerprint density at radius 3 is 2.49 bits per heavy atom. The minimum Gasteiger partial charge on any atom is -0.493 e. The molecule has 11 heteroatoms. The smallest absolute Gasteiger partial charge is 0.319 e. The lowest BCUT2D eigenvalue weighted by molar-refractivity contribution is 0.167. The Morgan fingerprint density at radius 1 is 1.00 bits per heavy atom. The number of urea groups is 1. The first-order valence-electron chi connectivity index (χ1n) is 11.3. The van der Waals surface area contributed by atoms with Gasteiger partial charge in [0.1, 0.15) is 30.7 Å². The van der Waals surface area contributed by atoms with Crippen LogP contribution >= 0.6 is 0 Å². The molecule has 1 atom stereocenters. The van der Waals surface area contributed by atoms with E-state index in [1.165, 1.54) is 37.7 Å². The summed E-state index contributed by atoms with van der Waals surface area (Å²) in [5.74, 6) is 0.0419. The highest BCUT2D eigenvalue weighted by Gasteiger charge is 2.25. The third kappa shape index (κ3) is 5.01. The molecule has 1 aromatic heterocycles. The van der Waals surface area contributed by atoms with Gasteiger partial charge in [0, 0.05) is 17.8 Å². The monoisotopic (exact) mass is 508 g/mol. The second kappa shape index (κ2) is 10.1. The van der Waals surface area contributed by atoms with E-state index in [1.54, 1.807) is 25.1 Å². The van der Waals surface area contributed by atoms with Crippen LogP contribution in [0.5, 0.6) is 28.9 Å². The SMILES string of the molecule is COc1cc2ncnc(Oc3ccc(NC(=O)N[C@H](C)c4ccc(F)cc4)cc3F)c2c2c1OCCO2. The summed E-state index contributed by atoms with van der Waals surface area (Å²) >= 11 is 0. The number of hydrogen-bond donors (Lipinski definition) is 2. The minimum atomic E-state index is -0.726. The van der Waals surface area contributed by atoms with Gasteiger partial charge in [0.05, 0.1) is 18.7 Å². The number of nitrogens with one attached hydrogen (secondary N) is 2. The van der Waals surface area contributed by atoms with Crippen LogP contribution in [0.4, 0.5) is 19.3 Å². The zero-order chi connectivity index (χ0) is 25.9. The Bertz CT molecular complexity index is 1470. The number of methoxy groups -OCH3 is 1. The second-order valence-electron chi connectivity index (χ2n) is 8.13. The standard InChI is InChI=1S/C26H22F2N4O5/c1-14(15-3-5-16(27)6-4-15)31-26(33)32-17-7-8-20(18(28)11-17)37-25-22-19(29-13-30-25)12-21(34-2)23-24(22)36-10-9-35-23/h3-8,11-14H,9-10H2,1-2H3,(H2,31,32,33)/t14-/m1/s1. The third-order valence-electron chi connectivity index (χ3n) is 5.68. The van der Waals surface area contributed by atoms with Crippen molar-refractivity contribution in [3.05, 3.63) is 72.1 Å². The van der Waals surface area contributed by atoms with E-state index < -0.39 is 17.9 Å². The Balaban J connectivity index is 1.34. The zero-order valence-corrected chi connectivity index (χ0v) is 19.9. The Labute approximate surface area is 210 Å². The molecule has 2 N–H and O–H groups in total. The number of anilines is 1. The predicted molar refractivity (Wildman–Crippen MR) is 131 cm³/mol. The van der Waals surface area contributed by atoms with Gasteiger partial charge >= 0.3 is 6.03 Å². The lowest BCUT2D eigenvalue weighted by Crippen LogP contribution is -2.31. The first-order valence-corrected chi connectivity index (χ1v) is 11.3. The van der Waals surface area contributed by atoms with Gasteiger partial charge in [-0.1, -0.05) is 12.1 Å². The van der Waals surface area contributed by atoms with Crippen molar-refractivity contribution in [2.24, 2.45) is 0 Å². The molecule has 0 aliphatic carbocycles. The van der Waals surface area contributed by atoms with Crippen LogP contribution in [0.15, 0.2) is 54.9 Å². The summed E-state index contributed by atoms with van der Waals surface area (Å²) < 4.78 is 50.7. The molecule has 2 heterocycles. The molecule has 0 spiro atoms. The number of hydrogen-bond acceptors (Lipinski definition) is 7. The molecule has 1 aliphatic rings. The fraction of sp³-hybridized carbons (Fsp3) is 0.192. The Hall–Kier alpha value is -4.67. The number of carbonyl (C=O) groups is 1. The normalized spacial score (nSPS) is 13.1. The number of nitrogens with zero attached hydrogens (tertiary/aromatic N) is 2. The number of halogens is 2. The van der Waals surface area contributed by atoms with Crippen molar-refractivity contribution in [1.82, 2.24) is 15.3 Å². The van der Waals surface area contributed by atoms with Crippen molar-refractivity contribution in [2.45, 2.75) is 13.0 Å². The first kappa shape index (κ1) is 24.0. The molecular formula is C26H22F2N4O5. The van der Waals surface area contributed by atoms with E-state index in [2.05, 4.69) is 20.6 Å². The van der Waals surface area contributed by atoms with Crippen LogP contribution in [0.1, 0.15) is 18.5 Å². The molecule has 0 saturated heterocycles. The highest BCUT2D eigenvalue weighted by atomic mass is 19.1. The average molecular weight is 508 g/mol. The molecule has 1 aliphatic heterocycles. The number of rotatable bonds is 6. The molecule has 0 fully saturated rings. The van der Waals surface area contributed by atoms with Gasteiger partial charge in [0.2, 0.25) is 11.6 Å². The lowest BCUT2D eigenvalue weighted by atomic mass is 10.1.